The molecule has 1 rings (SSSR count). The lowest BCUT2D eigenvalue weighted by atomic mass is 10.1. The van der Waals surface area contributed by atoms with Crippen molar-refractivity contribution >= 4 is 15.9 Å². The van der Waals surface area contributed by atoms with Gasteiger partial charge in [-0.05, 0) is 45.4 Å². The third-order valence-electron chi connectivity index (χ3n) is 2.46. The van der Waals surface area contributed by atoms with Crippen molar-refractivity contribution < 1.29 is 9.84 Å². The Balaban J connectivity index is 2.92. The van der Waals surface area contributed by atoms with E-state index in [0.29, 0.717) is 6.61 Å². The maximum absolute atomic E-state index is 8.87. The molecule has 102 valence electrons. The highest BCUT2D eigenvalue weighted by atomic mass is 79.9. The number of hydrogen-bond acceptors (Lipinski definition) is 3. The first-order valence-electron chi connectivity index (χ1n) is 6.11. The Bertz CT molecular complexity index is 400. The SMILES string of the molecule is Cc1cc(Br)cc(CNC(C)(C)C)c1OCCO. The summed E-state index contributed by atoms with van der Waals surface area (Å²) in [5.74, 6) is 0.865. The fraction of sp³-hybridized carbons (Fsp3) is 0.571. The van der Waals surface area contributed by atoms with Crippen molar-refractivity contribution in [1.29, 1.82) is 0 Å². The normalized spacial score (nSPS) is 11.7. The number of halogens is 1. The van der Waals surface area contributed by atoms with Crippen LogP contribution < -0.4 is 10.1 Å². The second-order valence-electron chi connectivity index (χ2n) is 5.39. The van der Waals surface area contributed by atoms with Crippen LogP contribution in [0.1, 0.15) is 31.9 Å². The van der Waals surface area contributed by atoms with Gasteiger partial charge in [-0.25, -0.2) is 0 Å². The van der Waals surface area contributed by atoms with Crippen molar-refractivity contribution in [2.75, 3.05) is 13.2 Å². The van der Waals surface area contributed by atoms with Crippen LogP contribution in [0.2, 0.25) is 0 Å². The monoisotopic (exact) mass is 315 g/mol. The molecule has 2 N–H and O–H groups in total. The summed E-state index contributed by atoms with van der Waals surface area (Å²) in [6, 6.07) is 4.08. The fourth-order valence-electron chi connectivity index (χ4n) is 1.65. The van der Waals surface area contributed by atoms with Crippen LogP contribution in [0.4, 0.5) is 0 Å². The van der Waals surface area contributed by atoms with Gasteiger partial charge in [0.2, 0.25) is 0 Å². The highest BCUT2D eigenvalue weighted by Gasteiger charge is 2.13. The van der Waals surface area contributed by atoms with E-state index in [2.05, 4.69) is 48.1 Å². The Labute approximate surface area is 118 Å². The third kappa shape index (κ3) is 4.96. The highest BCUT2D eigenvalue weighted by Crippen LogP contribution is 2.28. The summed E-state index contributed by atoms with van der Waals surface area (Å²) in [5, 5.41) is 12.3. The average Bonchev–Trinajstić information content (AvgIpc) is 2.23. The van der Waals surface area contributed by atoms with Gasteiger partial charge < -0.3 is 15.2 Å². The first-order valence-corrected chi connectivity index (χ1v) is 6.90. The van der Waals surface area contributed by atoms with Crippen LogP contribution in [0.5, 0.6) is 5.75 Å². The zero-order chi connectivity index (χ0) is 13.8. The van der Waals surface area contributed by atoms with E-state index < -0.39 is 0 Å². The van der Waals surface area contributed by atoms with Crippen LogP contribution in [0, 0.1) is 6.92 Å². The van der Waals surface area contributed by atoms with Crippen molar-refractivity contribution in [3.05, 3.63) is 27.7 Å². The molecular weight excluding hydrogens is 294 g/mol. The Morgan fingerprint density at radius 3 is 2.56 bits per heavy atom. The molecule has 0 unspecified atom stereocenters. The van der Waals surface area contributed by atoms with Gasteiger partial charge in [-0.2, -0.15) is 0 Å². The number of rotatable bonds is 5. The second-order valence-corrected chi connectivity index (χ2v) is 6.30. The third-order valence-corrected chi connectivity index (χ3v) is 2.92. The minimum absolute atomic E-state index is 0.0294. The van der Waals surface area contributed by atoms with Crippen LogP contribution in [0.25, 0.3) is 0 Å². The van der Waals surface area contributed by atoms with Gasteiger partial charge in [0.1, 0.15) is 12.4 Å². The quantitative estimate of drug-likeness (QED) is 0.877. The summed E-state index contributed by atoms with van der Waals surface area (Å²) >= 11 is 3.50. The lowest BCUT2D eigenvalue weighted by molar-refractivity contribution is 0.199. The van der Waals surface area contributed by atoms with E-state index in [1.54, 1.807) is 0 Å². The lowest BCUT2D eigenvalue weighted by Gasteiger charge is -2.22. The summed E-state index contributed by atoms with van der Waals surface area (Å²) < 4.78 is 6.67. The Morgan fingerprint density at radius 1 is 1.33 bits per heavy atom. The Hall–Kier alpha value is -0.580. The number of aliphatic hydroxyl groups is 1. The van der Waals surface area contributed by atoms with Crippen LogP contribution in [-0.4, -0.2) is 23.9 Å². The summed E-state index contributed by atoms with van der Waals surface area (Å²) in [4.78, 5) is 0. The van der Waals surface area contributed by atoms with E-state index in [4.69, 9.17) is 9.84 Å². The number of ether oxygens (including phenoxy) is 1. The molecule has 0 saturated carbocycles. The molecule has 0 bridgehead atoms. The molecule has 0 radical (unpaired) electrons. The van der Waals surface area contributed by atoms with Crippen LogP contribution >= 0.6 is 15.9 Å². The summed E-state index contributed by atoms with van der Waals surface area (Å²) in [6.07, 6.45) is 0. The van der Waals surface area contributed by atoms with Gasteiger partial charge in [0, 0.05) is 22.1 Å². The molecule has 0 fully saturated rings. The molecule has 0 saturated heterocycles. The smallest absolute Gasteiger partial charge is 0.126 e. The molecule has 0 amide bonds. The molecule has 0 spiro atoms. The maximum atomic E-state index is 8.87. The maximum Gasteiger partial charge on any atom is 0.126 e. The van der Waals surface area contributed by atoms with Crippen LogP contribution in [0.3, 0.4) is 0 Å². The second kappa shape index (κ2) is 6.55. The van der Waals surface area contributed by atoms with E-state index in [9.17, 15) is 0 Å². The fourth-order valence-corrected chi connectivity index (χ4v) is 2.26. The largest absolute Gasteiger partial charge is 0.491 e. The van der Waals surface area contributed by atoms with Crippen molar-refractivity contribution in [2.45, 2.75) is 39.8 Å². The van der Waals surface area contributed by atoms with Gasteiger partial charge in [0.25, 0.3) is 0 Å². The van der Waals surface area contributed by atoms with Gasteiger partial charge in [-0.15, -0.1) is 0 Å². The Kier molecular flexibility index (Phi) is 5.63. The molecule has 1 aromatic carbocycles. The van der Waals surface area contributed by atoms with E-state index in [1.807, 2.05) is 13.0 Å². The first-order chi connectivity index (χ1) is 8.33. The minimum atomic E-state index is 0.0294. The molecule has 4 heteroatoms. The number of aryl methyl sites for hydroxylation is 1. The number of aliphatic hydroxyl groups excluding tert-OH is 1. The standard InChI is InChI=1S/C14H22BrNO2/c1-10-7-12(15)8-11(9-16-14(2,3)4)13(10)18-6-5-17/h7-8,16-17H,5-6,9H2,1-4H3. The number of hydrogen-bond donors (Lipinski definition) is 2. The molecule has 1 aromatic rings. The van der Waals surface area contributed by atoms with Gasteiger partial charge in [-0.3, -0.25) is 0 Å². The lowest BCUT2D eigenvalue weighted by Crippen LogP contribution is -2.35. The van der Waals surface area contributed by atoms with Gasteiger partial charge in [0.05, 0.1) is 6.61 Å². The Morgan fingerprint density at radius 2 is 2.00 bits per heavy atom. The van der Waals surface area contributed by atoms with Gasteiger partial charge in [-0.1, -0.05) is 15.9 Å². The van der Waals surface area contributed by atoms with Crippen molar-refractivity contribution in [1.82, 2.24) is 5.32 Å². The van der Waals surface area contributed by atoms with E-state index >= 15 is 0 Å². The van der Waals surface area contributed by atoms with Crippen molar-refractivity contribution in [3.8, 4) is 5.75 Å². The van der Waals surface area contributed by atoms with E-state index in [-0.39, 0.29) is 12.1 Å². The average molecular weight is 316 g/mol. The molecule has 0 aliphatic rings. The molecule has 0 aliphatic heterocycles. The molecule has 0 aromatic heterocycles. The summed E-state index contributed by atoms with van der Waals surface area (Å²) in [7, 11) is 0. The van der Waals surface area contributed by atoms with Gasteiger partial charge in [0.15, 0.2) is 0 Å². The summed E-state index contributed by atoms with van der Waals surface area (Å²) in [6.45, 7) is 9.50. The molecule has 3 nitrogen and oxygen atoms in total. The topological polar surface area (TPSA) is 41.5 Å². The minimum Gasteiger partial charge on any atom is -0.491 e. The molecule has 0 heterocycles. The zero-order valence-electron chi connectivity index (χ0n) is 11.5. The van der Waals surface area contributed by atoms with E-state index in [0.717, 1.165) is 27.9 Å². The molecular formula is C14H22BrNO2. The van der Waals surface area contributed by atoms with Crippen molar-refractivity contribution in [3.63, 3.8) is 0 Å². The predicted molar refractivity (Wildman–Crippen MR) is 78.1 cm³/mol. The predicted octanol–water partition coefficient (Wildman–Crippen LogP) is 3.02. The summed E-state index contributed by atoms with van der Waals surface area (Å²) in [5.41, 5.74) is 2.23. The van der Waals surface area contributed by atoms with E-state index in [1.165, 1.54) is 0 Å². The number of benzene rings is 1. The highest BCUT2D eigenvalue weighted by molar-refractivity contribution is 9.10. The first kappa shape index (κ1) is 15.5. The molecule has 18 heavy (non-hydrogen) atoms. The zero-order valence-corrected chi connectivity index (χ0v) is 13.1. The number of nitrogens with one attached hydrogen (secondary N) is 1. The van der Waals surface area contributed by atoms with Crippen LogP contribution in [0.15, 0.2) is 16.6 Å². The van der Waals surface area contributed by atoms with Crippen LogP contribution in [-0.2, 0) is 6.54 Å². The van der Waals surface area contributed by atoms with Gasteiger partial charge >= 0.3 is 0 Å². The van der Waals surface area contributed by atoms with Crippen molar-refractivity contribution in [2.24, 2.45) is 0 Å². The molecule has 0 aliphatic carbocycles. The molecule has 0 atom stereocenters.